The number of nitriles is 1. The van der Waals surface area contributed by atoms with E-state index in [0.717, 1.165) is 0 Å². The van der Waals surface area contributed by atoms with E-state index < -0.39 is 28.0 Å². The Hall–Kier alpha value is -1.62. The molecule has 8 heteroatoms. The van der Waals surface area contributed by atoms with Crippen LogP contribution in [0.15, 0.2) is 23.1 Å². The van der Waals surface area contributed by atoms with Gasteiger partial charge in [-0.15, -0.1) is 0 Å². The van der Waals surface area contributed by atoms with Gasteiger partial charge in [-0.05, 0) is 37.5 Å². The Bertz CT molecular complexity index is 711. The molecule has 6 nitrogen and oxygen atoms in total. The molecule has 1 fully saturated rings. The third-order valence-electron chi connectivity index (χ3n) is 3.45. The number of rotatable bonds is 4. The number of hydrogen-bond donors (Lipinski definition) is 2. The monoisotopic (exact) mass is 328 g/mol. The van der Waals surface area contributed by atoms with Crippen molar-refractivity contribution in [2.75, 3.05) is 0 Å². The van der Waals surface area contributed by atoms with E-state index in [1.165, 1.54) is 18.2 Å². The summed E-state index contributed by atoms with van der Waals surface area (Å²) in [6.45, 7) is 0. The van der Waals surface area contributed by atoms with E-state index >= 15 is 0 Å². The van der Waals surface area contributed by atoms with Crippen molar-refractivity contribution < 1.29 is 18.3 Å². The first-order chi connectivity index (χ1) is 9.83. The van der Waals surface area contributed by atoms with E-state index in [1.807, 2.05) is 6.07 Å². The van der Waals surface area contributed by atoms with Crippen molar-refractivity contribution in [3.05, 3.63) is 28.8 Å². The van der Waals surface area contributed by atoms with E-state index in [-0.39, 0.29) is 21.9 Å². The molecule has 1 aromatic rings. The number of sulfonamides is 1. The minimum Gasteiger partial charge on any atom is -0.481 e. The lowest BCUT2D eigenvalue weighted by Crippen LogP contribution is -2.33. The fourth-order valence-corrected chi connectivity index (χ4v) is 4.21. The number of hydrogen-bond acceptors (Lipinski definition) is 4. The van der Waals surface area contributed by atoms with Gasteiger partial charge in [-0.25, -0.2) is 13.1 Å². The molecule has 1 aromatic carbocycles. The molecule has 0 bridgehead atoms. The van der Waals surface area contributed by atoms with Crippen molar-refractivity contribution in [2.24, 2.45) is 5.92 Å². The average Bonchev–Trinajstić information content (AvgIpc) is 2.86. The maximum Gasteiger partial charge on any atom is 0.306 e. The number of carboxylic acid groups (broad SMARTS) is 1. The van der Waals surface area contributed by atoms with Gasteiger partial charge in [-0.1, -0.05) is 11.6 Å². The van der Waals surface area contributed by atoms with Gasteiger partial charge in [0.15, 0.2) is 0 Å². The van der Waals surface area contributed by atoms with Gasteiger partial charge in [0.25, 0.3) is 0 Å². The first kappa shape index (κ1) is 15.8. The predicted octanol–water partition coefficient (Wildman–Crippen LogP) is 1.74. The Morgan fingerprint density at radius 3 is 2.67 bits per heavy atom. The maximum atomic E-state index is 12.3. The summed E-state index contributed by atoms with van der Waals surface area (Å²) in [4.78, 5) is 10.8. The molecule has 1 aliphatic rings. The van der Waals surface area contributed by atoms with Crippen LogP contribution >= 0.6 is 11.6 Å². The molecule has 2 rings (SSSR count). The molecule has 2 N–H and O–H groups in total. The molecule has 0 saturated heterocycles. The van der Waals surface area contributed by atoms with Crippen molar-refractivity contribution in [2.45, 2.75) is 30.2 Å². The molecule has 2 unspecified atom stereocenters. The van der Waals surface area contributed by atoms with Gasteiger partial charge < -0.3 is 5.11 Å². The van der Waals surface area contributed by atoms with Gasteiger partial charge in [0.2, 0.25) is 10.0 Å². The Morgan fingerprint density at radius 1 is 1.43 bits per heavy atom. The second-order valence-electron chi connectivity index (χ2n) is 4.92. The zero-order chi connectivity index (χ0) is 15.6. The number of aliphatic carboxylic acids is 1. The fraction of sp³-hybridized carbons (Fsp3) is 0.385. The molecule has 0 heterocycles. The molecule has 1 aliphatic carbocycles. The molecule has 112 valence electrons. The first-order valence-corrected chi connectivity index (χ1v) is 8.14. The van der Waals surface area contributed by atoms with Gasteiger partial charge in [0, 0.05) is 6.04 Å². The summed E-state index contributed by atoms with van der Waals surface area (Å²) in [7, 11) is -3.83. The molecule has 0 aromatic heterocycles. The van der Waals surface area contributed by atoms with Crippen LogP contribution in [0, 0.1) is 17.2 Å². The second-order valence-corrected chi connectivity index (χ2v) is 7.01. The van der Waals surface area contributed by atoms with E-state index in [2.05, 4.69) is 4.72 Å². The second kappa shape index (κ2) is 6.02. The lowest BCUT2D eigenvalue weighted by molar-refractivity contribution is -0.141. The minimum atomic E-state index is -3.83. The molecule has 0 spiro atoms. The Balaban J connectivity index is 2.17. The highest BCUT2D eigenvalue weighted by molar-refractivity contribution is 7.89. The first-order valence-electron chi connectivity index (χ1n) is 6.28. The molecule has 0 aliphatic heterocycles. The summed E-state index contributed by atoms with van der Waals surface area (Å²) < 4.78 is 27.0. The fourth-order valence-electron chi connectivity index (χ4n) is 2.38. The number of benzene rings is 1. The van der Waals surface area contributed by atoms with Crippen LogP contribution in [-0.4, -0.2) is 25.5 Å². The van der Waals surface area contributed by atoms with Crippen molar-refractivity contribution in [3.63, 3.8) is 0 Å². The number of nitrogens with zero attached hydrogens (tertiary/aromatic N) is 1. The third kappa shape index (κ3) is 3.53. The normalized spacial score (nSPS) is 21.9. The Labute approximate surface area is 127 Å². The zero-order valence-corrected chi connectivity index (χ0v) is 12.5. The van der Waals surface area contributed by atoms with E-state index in [1.54, 1.807) is 0 Å². The maximum absolute atomic E-state index is 12.3. The Morgan fingerprint density at radius 2 is 2.14 bits per heavy atom. The minimum absolute atomic E-state index is 0.0330. The smallest absolute Gasteiger partial charge is 0.306 e. The number of nitrogens with one attached hydrogen (secondary N) is 1. The molecular formula is C13H13ClN2O4S. The van der Waals surface area contributed by atoms with Gasteiger partial charge in [0.1, 0.15) is 4.90 Å². The molecule has 0 radical (unpaired) electrons. The molecule has 21 heavy (non-hydrogen) atoms. The molecule has 1 saturated carbocycles. The van der Waals surface area contributed by atoms with Crippen LogP contribution in [-0.2, 0) is 14.8 Å². The van der Waals surface area contributed by atoms with Crippen LogP contribution in [0.5, 0.6) is 0 Å². The third-order valence-corrected chi connectivity index (χ3v) is 5.46. The van der Waals surface area contributed by atoms with Gasteiger partial charge in [0.05, 0.1) is 22.6 Å². The summed E-state index contributed by atoms with van der Waals surface area (Å²) in [6, 6.07) is 5.38. The lowest BCUT2D eigenvalue weighted by atomic mass is 10.1. The highest BCUT2D eigenvalue weighted by Gasteiger charge is 2.33. The summed E-state index contributed by atoms with van der Waals surface area (Å²) >= 11 is 5.89. The summed E-state index contributed by atoms with van der Waals surface area (Å²) in [5, 5.41) is 17.6. The highest BCUT2D eigenvalue weighted by atomic mass is 35.5. The van der Waals surface area contributed by atoms with Gasteiger partial charge in [-0.3, -0.25) is 4.79 Å². The standard InChI is InChI=1S/C13H13ClN2O4S/c14-11-5-8(7-15)1-4-12(11)21(19,20)16-10-3-2-9(6-10)13(17)18/h1,4-5,9-10,16H,2-3,6H2,(H,17,18). The van der Waals surface area contributed by atoms with Gasteiger partial charge in [-0.2, -0.15) is 5.26 Å². The number of carboxylic acids is 1. The quantitative estimate of drug-likeness (QED) is 0.875. The summed E-state index contributed by atoms with van der Waals surface area (Å²) in [6.07, 6.45) is 1.19. The molecule has 0 amide bonds. The topological polar surface area (TPSA) is 107 Å². The largest absolute Gasteiger partial charge is 0.481 e. The van der Waals surface area contributed by atoms with Crippen LogP contribution in [0.3, 0.4) is 0 Å². The van der Waals surface area contributed by atoms with E-state index in [0.29, 0.717) is 12.8 Å². The van der Waals surface area contributed by atoms with E-state index in [4.69, 9.17) is 22.0 Å². The lowest BCUT2D eigenvalue weighted by Gasteiger charge is -2.14. The molecule has 2 atom stereocenters. The van der Waals surface area contributed by atoms with Crippen molar-refractivity contribution in [1.82, 2.24) is 4.72 Å². The van der Waals surface area contributed by atoms with Crippen LogP contribution in [0.2, 0.25) is 5.02 Å². The average molecular weight is 329 g/mol. The van der Waals surface area contributed by atoms with Crippen LogP contribution in [0.4, 0.5) is 0 Å². The SMILES string of the molecule is N#Cc1ccc(S(=O)(=O)NC2CCC(C(=O)O)C2)c(Cl)c1. The zero-order valence-electron chi connectivity index (χ0n) is 10.9. The van der Waals surface area contributed by atoms with Gasteiger partial charge >= 0.3 is 5.97 Å². The van der Waals surface area contributed by atoms with Crippen LogP contribution in [0.25, 0.3) is 0 Å². The van der Waals surface area contributed by atoms with E-state index in [9.17, 15) is 13.2 Å². The number of carbonyl (C=O) groups is 1. The van der Waals surface area contributed by atoms with Crippen molar-refractivity contribution >= 4 is 27.6 Å². The van der Waals surface area contributed by atoms with Crippen molar-refractivity contribution in [1.29, 1.82) is 5.26 Å². The van der Waals surface area contributed by atoms with Crippen LogP contribution in [0.1, 0.15) is 24.8 Å². The number of halogens is 1. The van der Waals surface area contributed by atoms with Crippen LogP contribution < -0.4 is 4.72 Å². The van der Waals surface area contributed by atoms with Crippen molar-refractivity contribution in [3.8, 4) is 6.07 Å². The predicted molar refractivity (Wildman–Crippen MR) is 75.3 cm³/mol. The highest BCUT2D eigenvalue weighted by Crippen LogP contribution is 2.28. The Kier molecular flexibility index (Phi) is 4.52. The molecular weight excluding hydrogens is 316 g/mol. The summed E-state index contributed by atoms with van der Waals surface area (Å²) in [5.74, 6) is -1.43. The summed E-state index contributed by atoms with van der Waals surface area (Å²) in [5.41, 5.74) is 0.269.